The zero-order valence-electron chi connectivity index (χ0n) is 18.9. The zero-order valence-corrected chi connectivity index (χ0v) is 19.7. The molecule has 0 unspecified atom stereocenters. The number of hydrogen-bond donors (Lipinski definition) is 1. The number of aryl methyl sites for hydroxylation is 2. The molecule has 0 aliphatic heterocycles. The van der Waals surface area contributed by atoms with E-state index < -0.39 is 22.5 Å². The first kappa shape index (κ1) is 24.0. The van der Waals surface area contributed by atoms with Gasteiger partial charge in [0.15, 0.2) is 0 Å². The summed E-state index contributed by atoms with van der Waals surface area (Å²) in [5, 5.41) is 3.96. The van der Waals surface area contributed by atoms with Crippen LogP contribution in [-0.4, -0.2) is 33.7 Å². The highest BCUT2D eigenvalue weighted by Crippen LogP contribution is 2.26. The number of hydrazone groups is 1. The number of carbonyl (C=O) groups excluding carboxylic acids is 1. The van der Waals surface area contributed by atoms with Crippen LogP contribution in [0.2, 0.25) is 0 Å². The van der Waals surface area contributed by atoms with Gasteiger partial charge in [0.05, 0.1) is 23.4 Å². The zero-order chi connectivity index (χ0) is 23.8. The van der Waals surface area contributed by atoms with Gasteiger partial charge in [-0.2, -0.15) is 5.10 Å². The lowest BCUT2D eigenvalue weighted by atomic mass is 10.2. The highest BCUT2D eigenvalue weighted by atomic mass is 32.2. The number of amides is 1. The first-order chi connectivity index (χ1) is 15.8. The van der Waals surface area contributed by atoms with Crippen molar-refractivity contribution >= 4 is 27.8 Å². The molecule has 0 radical (unpaired) electrons. The molecule has 0 aliphatic rings. The summed E-state index contributed by atoms with van der Waals surface area (Å²) in [6.45, 7) is 5.78. The van der Waals surface area contributed by atoms with Crippen LogP contribution < -0.4 is 14.5 Å². The minimum absolute atomic E-state index is 0.0953. The number of nitrogens with zero attached hydrogens (tertiary/aromatic N) is 2. The molecule has 1 N–H and O–H groups in total. The summed E-state index contributed by atoms with van der Waals surface area (Å²) < 4.78 is 33.3. The minimum atomic E-state index is -3.99. The molecular weight excluding hydrogens is 438 g/mol. The van der Waals surface area contributed by atoms with Gasteiger partial charge in [-0.05, 0) is 62.7 Å². The highest BCUT2D eigenvalue weighted by Gasteiger charge is 2.27. The van der Waals surface area contributed by atoms with Crippen molar-refractivity contribution in [2.45, 2.75) is 25.7 Å². The Morgan fingerprint density at radius 2 is 1.52 bits per heavy atom. The second kappa shape index (κ2) is 10.8. The first-order valence-electron chi connectivity index (χ1n) is 10.5. The first-order valence-corrected chi connectivity index (χ1v) is 11.9. The Labute approximate surface area is 194 Å². The van der Waals surface area contributed by atoms with Gasteiger partial charge >= 0.3 is 0 Å². The predicted octanol–water partition coefficient (Wildman–Crippen LogP) is 4.05. The van der Waals surface area contributed by atoms with Crippen molar-refractivity contribution in [3.63, 3.8) is 0 Å². The van der Waals surface area contributed by atoms with E-state index in [1.54, 1.807) is 36.4 Å². The summed E-state index contributed by atoms with van der Waals surface area (Å²) in [4.78, 5) is 12.7. The fourth-order valence-corrected chi connectivity index (χ4v) is 4.45. The van der Waals surface area contributed by atoms with Gasteiger partial charge in [0.25, 0.3) is 15.9 Å². The van der Waals surface area contributed by atoms with Gasteiger partial charge in [0.2, 0.25) is 0 Å². The van der Waals surface area contributed by atoms with Crippen molar-refractivity contribution < 1.29 is 17.9 Å². The predicted molar refractivity (Wildman–Crippen MR) is 130 cm³/mol. The number of hydrogen-bond acceptors (Lipinski definition) is 5. The van der Waals surface area contributed by atoms with E-state index in [-0.39, 0.29) is 4.90 Å². The maximum atomic E-state index is 13.4. The van der Waals surface area contributed by atoms with Crippen LogP contribution in [0.4, 0.5) is 5.69 Å². The molecule has 0 aliphatic carbocycles. The van der Waals surface area contributed by atoms with Crippen molar-refractivity contribution in [2.24, 2.45) is 5.10 Å². The number of rotatable bonds is 9. The monoisotopic (exact) mass is 465 g/mol. The third kappa shape index (κ3) is 6.43. The lowest BCUT2D eigenvalue weighted by Gasteiger charge is -2.24. The molecule has 33 heavy (non-hydrogen) atoms. The molecule has 0 spiro atoms. The van der Waals surface area contributed by atoms with E-state index in [0.717, 1.165) is 21.0 Å². The molecule has 0 saturated carbocycles. The normalized spacial score (nSPS) is 11.4. The lowest BCUT2D eigenvalue weighted by molar-refractivity contribution is -0.119. The summed E-state index contributed by atoms with van der Waals surface area (Å²) in [6.07, 6.45) is 1.51. The number of benzene rings is 3. The van der Waals surface area contributed by atoms with Crippen molar-refractivity contribution in [1.29, 1.82) is 0 Å². The van der Waals surface area contributed by atoms with Crippen LogP contribution in [0, 0.1) is 13.8 Å². The van der Waals surface area contributed by atoms with Crippen LogP contribution in [0.15, 0.2) is 82.8 Å². The van der Waals surface area contributed by atoms with Gasteiger partial charge in [0, 0.05) is 0 Å². The van der Waals surface area contributed by atoms with Crippen LogP contribution >= 0.6 is 0 Å². The Kier molecular flexibility index (Phi) is 7.84. The Hall–Kier alpha value is -3.65. The van der Waals surface area contributed by atoms with Crippen LogP contribution in [-0.2, 0) is 14.8 Å². The SMILES string of the molecule is CCOc1ccc(N(CC(=O)N/N=C/c2ccc(C)cc2)S(=O)(=O)c2ccc(C)cc2)cc1. The number of anilines is 1. The van der Waals surface area contributed by atoms with Crippen LogP contribution in [0.3, 0.4) is 0 Å². The van der Waals surface area contributed by atoms with E-state index in [2.05, 4.69) is 10.5 Å². The smallest absolute Gasteiger partial charge is 0.264 e. The van der Waals surface area contributed by atoms with Crippen molar-refractivity contribution in [3.05, 3.63) is 89.5 Å². The maximum absolute atomic E-state index is 13.4. The van der Waals surface area contributed by atoms with Gasteiger partial charge in [-0.3, -0.25) is 9.10 Å². The minimum Gasteiger partial charge on any atom is -0.494 e. The van der Waals surface area contributed by atoms with E-state index >= 15 is 0 Å². The van der Waals surface area contributed by atoms with Gasteiger partial charge < -0.3 is 4.74 Å². The van der Waals surface area contributed by atoms with Crippen molar-refractivity contribution in [2.75, 3.05) is 17.5 Å². The van der Waals surface area contributed by atoms with E-state index in [9.17, 15) is 13.2 Å². The number of sulfonamides is 1. The van der Waals surface area contributed by atoms with Gasteiger partial charge in [-0.1, -0.05) is 47.5 Å². The second-order valence-electron chi connectivity index (χ2n) is 7.46. The molecule has 0 atom stereocenters. The molecule has 3 aromatic rings. The van der Waals surface area contributed by atoms with Crippen LogP contribution in [0.25, 0.3) is 0 Å². The molecule has 0 heterocycles. The molecule has 1 amide bonds. The van der Waals surface area contributed by atoms with E-state index in [0.29, 0.717) is 18.0 Å². The third-order valence-electron chi connectivity index (χ3n) is 4.81. The van der Waals surface area contributed by atoms with Gasteiger partial charge in [-0.15, -0.1) is 0 Å². The third-order valence-corrected chi connectivity index (χ3v) is 6.60. The Morgan fingerprint density at radius 1 is 0.939 bits per heavy atom. The summed E-state index contributed by atoms with van der Waals surface area (Å²) >= 11 is 0. The van der Waals surface area contributed by atoms with E-state index in [1.807, 2.05) is 45.0 Å². The maximum Gasteiger partial charge on any atom is 0.264 e. The standard InChI is InChI=1S/C25H27N3O4S/c1-4-32-23-13-11-22(12-14-23)28(33(30,31)24-15-7-20(3)8-16-24)18-25(29)27-26-17-21-9-5-19(2)6-10-21/h5-17H,4,18H2,1-3H3,(H,27,29)/b26-17+. The Morgan fingerprint density at radius 3 is 2.09 bits per heavy atom. The number of nitrogens with one attached hydrogen (secondary N) is 1. The molecule has 0 aromatic heterocycles. The molecule has 3 aromatic carbocycles. The molecule has 3 rings (SSSR count). The average molecular weight is 466 g/mol. The molecule has 0 bridgehead atoms. The second-order valence-corrected chi connectivity index (χ2v) is 9.32. The Bertz CT molecular complexity index is 1200. The Balaban J connectivity index is 1.83. The fourth-order valence-electron chi connectivity index (χ4n) is 3.02. The van der Waals surface area contributed by atoms with Gasteiger partial charge in [0.1, 0.15) is 12.3 Å². The topological polar surface area (TPSA) is 88.1 Å². The van der Waals surface area contributed by atoms with Crippen molar-refractivity contribution in [3.8, 4) is 5.75 Å². The van der Waals surface area contributed by atoms with E-state index in [4.69, 9.17) is 4.74 Å². The summed E-state index contributed by atoms with van der Waals surface area (Å²) in [6, 6.07) is 20.7. The molecule has 8 heteroatoms. The molecule has 172 valence electrons. The van der Waals surface area contributed by atoms with Crippen molar-refractivity contribution in [1.82, 2.24) is 5.43 Å². The average Bonchev–Trinajstić information content (AvgIpc) is 2.80. The largest absolute Gasteiger partial charge is 0.494 e. The number of ether oxygens (including phenoxy) is 1. The van der Waals surface area contributed by atoms with Crippen LogP contribution in [0.1, 0.15) is 23.6 Å². The summed E-state index contributed by atoms with van der Waals surface area (Å²) in [5.74, 6) is 0.0454. The number of carbonyl (C=O) groups is 1. The lowest BCUT2D eigenvalue weighted by Crippen LogP contribution is -2.39. The summed E-state index contributed by atoms with van der Waals surface area (Å²) in [7, 11) is -3.99. The molecule has 7 nitrogen and oxygen atoms in total. The molecule has 0 saturated heterocycles. The van der Waals surface area contributed by atoms with Gasteiger partial charge in [-0.25, -0.2) is 13.8 Å². The fraction of sp³-hybridized carbons (Fsp3) is 0.200. The molecular formula is C25H27N3O4S. The van der Waals surface area contributed by atoms with E-state index in [1.165, 1.54) is 18.3 Å². The quantitative estimate of drug-likeness (QED) is 0.381. The molecule has 0 fully saturated rings. The summed E-state index contributed by atoms with van der Waals surface area (Å²) in [5.41, 5.74) is 5.62. The highest BCUT2D eigenvalue weighted by molar-refractivity contribution is 7.92. The van der Waals surface area contributed by atoms with Crippen LogP contribution in [0.5, 0.6) is 5.75 Å².